The molecule has 0 radical (unpaired) electrons. The van der Waals surface area contributed by atoms with Crippen molar-refractivity contribution in [3.63, 3.8) is 0 Å². The number of thiol groups is 1. The lowest BCUT2D eigenvalue weighted by Crippen LogP contribution is -2.07. The largest absolute Gasteiger partial charge is 0.481 e. The molecule has 0 aliphatic carbocycles. The van der Waals surface area contributed by atoms with Crippen LogP contribution in [0.15, 0.2) is 17.0 Å². The van der Waals surface area contributed by atoms with E-state index in [-0.39, 0.29) is 21.8 Å². The van der Waals surface area contributed by atoms with Crippen LogP contribution in [-0.4, -0.2) is 17.7 Å². The smallest absolute Gasteiger partial charge is 0.387 e. The van der Waals surface area contributed by atoms with Crippen LogP contribution in [0.5, 0.6) is 5.75 Å². The third-order valence-electron chi connectivity index (χ3n) is 1.84. The third kappa shape index (κ3) is 3.60. The maximum absolute atomic E-state index is 12.1. The molecule has 1 aromatic rings. The quantitative estimate of drug-likeness (QED) is 0.812. The van der Waals surface area contributed by atoms with Crippen molar-refractivity contribution in [2.45, 2.75) is 17.9 Å². The minimum Gasteiger partial charge on any atom is -0.481 e. The molecule has 0 aliphatic rings. The molecule has 0 bridgehead atoms. The van der Waals surface area contributed by atoms with Gasteiger partial charge in [0.2, 0.25) is 0 Å². The minimum atomic E-state index is -3.09. The summed E-state index contributed by atoms with van der Waals surface area (Å²) in [6.45, 7) is -3.09. The van der Waals surface area contributed by atoms with Gasteiger partial charge in [-0.05, 0) is 17.7 Å². The van der Waals surface area contributed by atoms with Gasteiger partial charge in [-0.2, -0.15) is 14.0 Å². The zero-order chi connectivity index (χ0) is 13.0. The maximum Gasteiger partial charge on any atom is 0.387 e. The summed E-state index contributed by atoms with van der Waals surface area (Å²) in [7, 11) is 0. The Hall–Kier alpha value is -1.81. The minimum absolute atomic E-state index is 0.0863. The second-order valence-corrected chi connectivity index (χ2v) is 3.56. The molecule has 1 rings (SSSR count). The first-order valence-electron chi connectivity index (χ1n) is 4.36. The first kappa shape index (κ1) is 13.3. The Kier molecular flexibility index (Phi) is 4.29. The molecule has 0 atom stereocenters. The average molecular weight is 259 g/mol. The van der Waals surface area contributed by atoms with Gasteiger partial charge in [0, 0.05) is 4.90 Å². The van der Waals surface area contributed by atoms with Crippen LogP contribution in [0.2, 0.25) is 0 Å². The van der Waals surface area contributed by atoms with E-state index in [1.54, 1.807) is 6.07 Å². The second-order valence-electron chi connectivity index (χ2n) is 3.04. The lowest BCUT2D eigenvalue weighted by molar-refractivity contribution is -0.136. The molecule has 0 saturated heterocycles. The summed E-state index contributed by atoms with van der Waals surface area (Å²) in [6, 6.07) is 4.11. The normalized spacial score (nSPS) is 10.1. The number of rotatable bonds is 4. The van der Waals surface area contributed by atoms with Crippen molar-refractivity contribution >= 4 is 18.6 Å². The summed E-state index contributed by atoms with van der Waals surface area (Å²) in [5.41, 5.74) is -0.131. The molecule has 0 aromatic heterocycles. The molecule has 0 heterocycles. The fraction of sp³-hybridized carbons (Fsp3) is 0.200. The van der Waals surface area contributed by atoms with Crippen LogP contribution in [0, 0.1) is 11.3 Å². The van der Waals surface area contributed by atoms with Gasteiger partial charge in [0.1, 0.15) is 11.8 Å². The van der Waals surface area contributed by atoms with E-state index in [0.29, 0.717) is 0 Å². The highest BCUT2D eigenvalue weighted by Gasteiger charge is 2.16. The zero-order valence-electron chi connectivity index (χ0n) is 8.35. The Labute approximate surface area is 101 Å². The number of carboxylic acid groups (broad SMARTS) is 1. The number of carbonyl (C=O) groups is 1. The van der Waals surface area contributed by atoms with E-state index < -0.39 is 19.0 Å². The van der Waals surface area contributed by atoms with Crippen LogP contribution < -0.4 is 4.74 Å². The molecular formula is C10H7F2NO3S. The molecule has 1 aromatic carbocycles. The number of benzene rings is 1. The molecular weight excluding hydrogens is 252 g/mol. The van der Waals surface area contributed by atoms with E-state index in [1.807, 2.05) is 0 Å². The molecule has 17 heavy (non-hydrogen) atoms. The predicted octanol–water partition coefficient (Wildman–Crippen LogP) is 2.08. The lowest BCUT2D eigenvalue weighted by Gasteiger charge is -2.10. The van der Waals surface area contributed by atoms with E-state index in [4.69, 9.17) is 10.4 Å². The van der Waals surface area contributed by atoms with Crippen molar-refractivity contribution in [2.75, 3.05) is 0 Å². The van der Waals surface area contributed by atoms with Crippen LogP contribution in [0.4, 0.5) is 8.78 Å². The van der Waals surface area contributed by atoms with Crippen molar-refractivity contribution in [1.29, 1.82) is 5.26 Å². The number of nitrogens with zero attached hydrogens (tertiary/aromatic N) is 1. The first-order chi connectivity index (χ1) is 7.93. The lowest BCUT2D eigenvalue weighted by atomic mass is 10.0. The number of alkyl halides is 2. The Bertz CT molecular complexity index is 485. The van der Waals surface area contributed by atoms with Crippen LogP contribution in [0.3, 0.4) is 0 Å². The summed E-state index contributed by atoms with van der Waals surface area (Å²) in [5, 5.41) is 17.5. The first-order valence-corrected chi connectivity index (χ1v) is 4.81. The summed E-state index contributed by atoms with van der Waals surface area (Å²) in [4.78, 5) is 10.8. The number of nitriles is 1. The summed E-state index contributed by atoms with van der Waals surface area (Å²) in [5.74, 6) is -1.55. The van der Waals surface area contributed by atoms with Crippen LogP contribution in [0.25, 0.3) is 0 Å². The van der Waals surface area contributed by atoms with Gasteiger partial charge < -0.3 is 9.84 Å². The number of halogens is 2. The number of ether oxygens (including phenoxy) is 1. The number of carboxylic acids is 1. The van der Waals surface area contributed by atoms with Gasteiger partial charge >= 0.3 is 12.6 Å². The van der Waals surface area contributed by atoms with Crippen LogP contribution >= 0.6 is 12.6 Å². The molecule has 0 spiro atoms. The van der Waals surface area contributed by atoms with E-state index in [1.165, 1.54) is 6.07 Å². The van der Waals surface area contributed by atoms with Gasteiger partial charge in [-0.3, -0.25) is 4.79 Å². The monoisotopic (exact) mass is 259 g/mol. The van der Waals surface area contributed by atoms with E-state index in [9.17, 15) is 13.6 Å². The summed E-state index contributed by atoms with van der Waals surface area (Å²) in [6.07, 6.45) is -0.461. The highest BCUT2D eigenvalue weighted by molar-refractivity contribution is 7.80. The topological polar surface area (TPSA) is 70.3 Å². The van der Waals surface area contributed by atoms with Crippen LogP contribution in [0.1, 0.15) is 11.1 Å². The standard InChI is InChI=1S/C10H7F2NO3S/c11-10(12)16-8-3-6(17)1-5(2-9(14)15)7(8)4-13/h1,3,10,17H,2H2,(H,14,15). The average Bonchev–Trinajstić information content (AvgIpc) is 2.14. The van der Waals surface area contributed by atoms with Crippen molar-refractivity contribution in [1.82, 2.24) is 0 Å². The molecule has 90 valence electrons. The van der Waals surface area contributed by atoms with Gasteiger partial charge in [-0.15, -0.1) is 12.6 Å². The van der Waals surface area contributed by atoms with Gasteiger partial charge in [0.15, 0.2) is 0 Å². The molecule has 1 N–H and O–H groups in total. The van der Waals surface area contributed by atoms with E-state index >= 15 is 0 Å². The molecule has 0 fully saturated rings. The number of aliphatic carboxylic acids is 1. The highest BCUT2D eigenvalue weighted by atomic mass is 32.1. The van der Waals surface area contributed by atoms with Crippen molar-refractivity contribution in [3.05, 3.63) is 23.3 Å². The molecule has 0 saturated carbocycles. The number of hydrogen-bond donors (Lipinski definition) is 2. The van der Waals surface area contributed by atoms with Gasteiger partial charge in [0.05, 0.1) is 12.0 Å². The highest BCUT2D eigenvalue weighted by Crippen LogP contribution is 2.27. The maximum atomic E-state index is 12.1. The molecule has 0 amide bonds. The fourth-order valence-corrected chi connectivity index (χ4v) is 1.55. The van der Waals surface area contributed by atoms with E-state index in [2.05, 4.69) is 17.4 Å². The van der Waals surface area contributed by atoms with Crippen molar-refractivity contribution < 1.29 is 23.4 Å². The van der Waals surface area contributed by atoms with Gasteiger partial charge in [-0.1, -0.05) is 0 Å². The third-order valence-corrected chi connectivity index (χ3v) is 2.10. The summed E-state index contributed by atoms with van der Waals surface area (Å²) >= 11 is 3.93. The molecule has 4 nitrogen and oxygen atoms in total. The second kappa shape index (κ2) is 5.50. The Morgan fingerprint density at radius 3 is 2.71 bits per heavy atom. The predicted molar refractivity (Wildman–Crippen MR) is 56.4 cm³/mol. The Morgan fingerprint density at radius 2 is 2.24 bits per heavy atom. The van der Waals surface area contributed by atoms with Gasteiger partial charge in [0.25, 0.3) is 0 Å². The van der Waals surface area contributed by atoms with Gasteiger partial charge in [-0.25, -0.2) is 0 Å². The fourth-order valence-electron chi connectivity index (χ4n) is 1.28. The van der Waals surface area contributed by atoms with Crippen molar-refractivity contribution in [2.24, 2.45) is 0 Å². The Morgan fingerprint density at radius 1 is 1.59 bits per heavy atom. The van der Waals surface area contributed by atoms with Crippen molar-refractivity contribution in [3.8, 4) is 11.8 Å². The SMILES string of the molecule is N#Cc1c(CC(=O)O)cc(S)cc1OC(F)F. The molecule has 0 unspecified atom stereocenters. The van der Waals surface area contributed by atoms with Crippen LogP contribution in [-0.2, 0) is 11.2 Å². The Balaban J connectivity index is 3.25. The number of hydrogen-bond acceptors (Lipinski definition) is 4. The zero-order valence-corrected chi connectivity index (χ0v) is 9.25. The summed E-state index contributed by atoms with van der Waals surface area (Å²) < 4.78 is 28.3. The van der Waals surface area contributed by atoms with E-state index in [0.717, 1.165) is 6.07 Å². The molecule has 0 aliphatic heterocycles. The molecule has 7 heteroatoms.